The Labute approximate surface area is 113 Å². The van der Waals surface area contributed by atoms with E-state index in [0.29, 0.717) is 5.41 Å². The quantitative estimate of drug-likeness (QED) is 0.741. The van der Waals surface area contributed by atoms with Crippen LogP contribution in [-0.2, 0) is 5.41 Å². The SMILES string of the molecule is CC(C)(C)c1cccc(OCC2(CBr)CC2)c1. The molecule has 1 aliphatic rings. The molecule has 0 aliphatic heterocycles. The third kappa shape index (κ3) is 3.25. The summed E-state index contributed by atoms with van der Waals surface area (Å²) in [5.41, 5.74) is 1.93. The molecule has 0 heterocycles. The van der Waals surface area contributed by atoms with Gasteiger partial charge in [0.25, 0.3) is 0 Å². The van der Waals surface area contributed by atoms with Crippen LogP contribution < -0.4 is 4.74 Å². The summed E-state index contributed by atoms with van der Waals surface area (Å²) in [5, 5.41) is 1.05. The highest BCUT2D eigenvalue weighted by atomic mass is 79.9. The van der Waals surface area contributed by atoms with Crippen LogP contribution in [0, 0.1) is 5.41 Å². The van der Waals surface area contributed by atoms with Crippen LogP contribution in [0.5, 0.6) is 5.75 Å². The molecule has 0 aromatic heterocycles. The van der Waals surface area contributed by atoms with E-state index in [-0.39, 0.29) is 5.41 Å². The monoisotopic (exact) mass is 296 g/mol. The van der Waals surface area contributed by atoms with Crippen LogP contribution in [0.15, 0.2) is 24.3 Å². The zero-order valence-electron chi connectivity index (χ0n) is 10.9. The number of hydrogen-bond donors (Lipinski definition) is 0. The Morgan fingerprint density at radius 2 is 2.00 bits per heavy atom. The maximum Gasteiger partial charge on any atom is 0.119 e. The summed E-state index contributed by atoms with van der Waals surface area (Å²) in [6.07, 6.45) is 2.58. The van der Waals surface area contributed by atoms with Crippen molar-refractivity contribution in [1.82, 2.24) is 0 Å². The zero-order chi connectivity index (χ0) is 12.5. The molecule has 94 valence electrons. The van der Waals surface area contributed by atoms with E-state index in [1.165, 1.54) is 18.4 Å². The lowest BCUT2D eigenvalue weighted by Crippen LogP contribution is -2.15. The molecule has 2 heteroatoms. The standard InChI is InChI=1S/C15H21BrO/c1-14(2,3)12-5-4-6-13(9-12)17-11-15(10-16)7-8-15/h4-6,9H,7-8,10-11H2,1-3H3. The molecule has 1 saturated carbocycles. The number of halogens is 1. The lowest BCUT2D eigenvalue weighted by molar-refractivity contribution is 0.251. The molecule has 0 N–H and O–H groups in total. The van der Waals surface area contributed by atoms with E-state index in [4.69, 9.17) is 4.74 Å². The van der Waals surface area contributed by atoms with Gasteiger partial charge < -0.3 is 4.74 Å². The van der Waals surface area contributed by atoms with E-state index in [9.17, 15) is 0 Å². The summed E-state index contributed by atoms with van der Waals surface area (Å²) in [6, 6.07) is 8.48. The molecule has 0 bridgehead atoms. The summed E-state index contributed by atoms with van der Waals surface area (Å²) < 4.78 is 5.93. The smallest absolute Gasteiger partial charge is 0.119 e. The van der Waals surface area contributed by atoms with Gasteiger partial charge in [-0.1, -0.05) is 48.8 Å². The summed E-state index contributed by atoms with van der Waals surface area (Å²) in [4.78, 5) is 0. The van der Waals surface area contributed by atoms with Crippen LogP contribution in [0.25, 0.3) is 0 Å². The molecule has 1 aromatic carbocycles. The molecule has 17 heavy (non-hydrogen) atoms. The van der Waals surface area contributed by atoms with E-state index in [2.05, 4.69) is 61.0 Å². The fourth-order valence-electron chi connectivity index (χ4n) is 1.78. The normalized spacial score (nSPS) is 17.9. The van der Waals surface area contributed by atoms with Crippen molar-refractivity contribution in [1.29, 1.82) is 0 Å². The highest BCUT2D eigenvalue weighted by molar-refractivity contribution is 9.09. The Hall–Kier alpha value is -0.500. The number of rotatable bonds is 4. The molecular weight excluding hydrogens is 276 g/mol. The maximum atomic E-state index is 5.93. The zero-order valence-corrected chi connectivity index (χ0v) is 12.5. The predicted molar refractivity (Wildman–Crippen MR) is 76.1 cm³/mol. The van der Waals surface area contributed by atoms with Crippen molar-refractivity contribution >= 4 is 15.9 Å². The first kappa shape index (κ1) is 12.9. The molecule has 0 saturated heterocycles. The Kier molecular flexibility index (Phi) is 3.53. The van der Waals surface area contributed by atoms with Crippen LogP contribution in [-0.4, -0.2) is 11.9 Å². The predicted octanol–water partition coefficient (Wildman–Crippen LogP) is 4.54. The van der Waals surface area contributed by atoms with Crippen molar-refractivity contribution in [3.05, 3.63) is 29.8 Å². The number of ether oxygens (including phenoxy) is 1. The largest absolute Gasteiger partial charge is 0.493 e. The fourth-order valence-corrected chi connectivity index (χ4v) is 2.50. The molecule has 2 rings (SSSR count). The highest BCUT2D eigenvalue weighted by Crippen LogP contribution is 2.47. The van der Waals surface area contributed by atoms with Gasteiger partial charge in [0.1, 0.15) is 5.75 Å². The Morgan fingerprint density at radius 1 is 1.29 bits per heavy atom. The second-order valence-corrected chi connectivity index (χ2v) is 6.76. The molecule has 1 aliphatic carbocycles. The first-order chi connectivity index (χ1) is 7.95. The Balaban J connectivity index is 2.02. The number of alkyl halides is 1. The van der Waals surface area contributed by atoms with Gasteiger partial charge in [-0.05, 0) is 36.0 Å². The van der Waals surface area contributed by atoms with E-state index in [1.807, 2.05) is 0 Å². The van der Waals surface area contributed by atoms with Crippen LogP contribution in [0.2, 0.25) is 0 Å². The van der Waals surface area contributed by atoms with Crippen molar-refractivity contribution in [3.8, 4) is 5.75 Å². The topological polar surface area (TPSA) is 9.23 Å². The van der Waals surface area contributed by atoms with Gasteiger partial charge in [-0.3, -0.25) is 0 Å². The Bertz CT molecular complexity index is 388. The molecule has 0 radical (unpaired) electrons. The molecule has 1 nitrogen and oxygen atoms in total. The van der Waals surface area contributed by atoms with Gasteiger partial charge in [0.05, 0.1) is 6.61 Å². The third-order valence-electron chi connectivity index (χ3n) is 3.49. The van der Waals surface area contributed by atoms with Crippen LogP contribution >= 0.6 is 15.9 Å². The van der Waals surface area contributed by atoms with Crippen molar-refractivity contribution in [2.24, 2.45) is 5.41 Å². The van der Waals surface area contributed by atoms with Crippen molar-refractivity contribution in [2.45, 2.75) is 39.0 Å². The Morgan fingerprint density at radius 3 is 2.53 bits per heavy atom. The average Bonchev–Trinajstić information content (AvgIpc) is 3.06. The van der Waals surface area contributed by atoms with Gasteiger partial charge in [0.2, 0.25) is 0 Å². The second kappa shape index (κ2) is 4.64. The summed E-state index contributed by atoms with van der Waals surface area (Å²) in [5.74, 6) is 1.00. The summed E-state index contributed by atoms with van der Waals surface area (Å²) >= 11 is 3.57. The molecular formula is C15H21BrO. The van der Waals surface area contributed by atoms with E-state index >= 15 is 0 Å². The molecule has 1 aromatic rings. The summed E-state index contributed by atoms with van der Waals surface area (Å²) in [6.45, 7) is 7.53. The minimum atomic E-state index is 0.187. The van der Waals surface area contributed by atoms with Crippen LogP contribution in [0.1, 0.15) is 39.2 Å². The third-order valence-corrected chi connectivity index (χ3v) is 4.68. The van der Waals surface area contributed by atoms with E-state index < -0.39 is 0 Å². The van der Waals surface area contributed by atoms with Gasteiger partial charge in [-0.25, -0.2) is 0 Å². The van der Waals surface area contributed by atoms with Gasteiger partial charge in [-0.2, -0.15) is 0 Å². The number of benzene rings is 1. The van der Waals surface area contributed by atoms with Gasteiger partial charge in [0, 0.05) is 10.7 Å². The van der Waals surface area contributed by atoms with E-state index in [1.54, 1.807) is 0 Å². The molecule has 0 unspecified atom stereocenters. The highest BCUT2D eigenvalue weighted by Gasteiger charge is 2.42. The van der Waals surface area contributed by atoms with Crippen molar-refractivity contribution in [2.75, 3.05) is 11.9 Å². The fraction of sp³-hybridized carbons (Fsp3) is 0.600. The van der Waals surface area contributed by atoms with Crippen LogP contribution in [0.4, 0.5) is 0 Å². The average molecular weight is 297 g/mol. The molecule has 1 fully saturated rings. The van der Waals surface area contributed by atoms with Crippen molar-refractivity contribution in [3.63, 3.8) is 0 Å². The molecule has 0 atom stereocenters. The molecule has 0 spiro atoms. The van der Waals surface area contributed by atoms with Gasteiger partial charge in [-0.15, -0.1) is 0 Å². The van der Waals surface area contributed by atoms with Gasteiger partial charge in [0.15, 0.2) is 0 Å². The van der Waals surface area contributed by atoms with E-state index in [0.717, 1.165) is 17.7 Å². The summed E-state index contributed by atoms with van der Waals surface area (Å²) in [7, 11) is 0. The number of hydrogen-bond acceptors (Lipinski definition) is 1. The van der Waals surface area contributed by atoms with Gasteiger partial charge >= 0.3 is 0 Å². The lowest BCUT2D eigenvalue weighted by atomic mass is 9.87. The lowest BCUT2D eigenvalue weighted by Gasteiger charge is -2.20. The van der Waals surface area contributed by atoms with Crippen LogP contribution in [0.3, 0.4) is 0 Å². The minimum absolute atomic E-state index is 0.187. The second-order valence-electron chi connectivity index (χ2n) is 6.20. The maximum absolute atomic E-state index is 5.93. The first-order valence-electron chi connectivity index (χ1n) is 6.25. The van der Waals surface area contributed by atoms with Crippen molar-refractivity contribution < 1.29 is 4.74 Å². The molecule has 0 amide bonds. The minimum Gasteiger partial charge on any atom is -0.493 e. The first-order valence-corrected chi connectivity index (χ1v) is 7.37.